The van der Waals surface area contributed by atoms with Gasteiger partial charge in [0.2, 0.25) is 0 Å². The molecule has 0 aromatic carbocycles. The van der Waals surface area contributed by atoms with E-state index in [1.165, 1.54) is 0 Å². The van der Waals surface area contributed by atoms with Gasteiger partial charge >= 0.3 is 0 Å². The third kappa shape index (κ3) is 4.41. The molecule has 0 saturated carbocycles. The van der Waals surface area contributed by atoms with Crippen molar-refractivity contribution in [2.45, 2.75) is 38.9 Å². The van der Waals surface area contributed by atoms with Gasteiger partial charge in [0.25, 0.3) is 0 Å². The maximum atomic E-state index is 12.1. The Morgan fingerprint density at radius 2 is 2.08 bits per heavy atom. The van der Waals surface area contributed by atoms with Crippen molar-refractivity contribution in [1.29, 1.82) is 0 Å². The van der Waals surface area contributed by atoms with Crippen LogP contribution in [0.4, 0.5) is 0 Å². The van der Waals surface area contributed by atoms with Gasteiger partial charge in [-0.25, -0.2) is 8.42 Å². The van der Waals surface area contributed by atoms with E-state index in [0.29, 0.717) is 19.6 Å². The summed E-state index contributed by atoms with van der Waals surface area (Å²) in [5.41, 5.74) is 2.01. The first-order valence-corrected chi connectivity index (χ1v) is 9.43. The molecular formula is C15H27IN4O3S. The molecule has 7 nitrogen and oxygen atoms in total. The summed E-state index contributed by atoms with van der Waals surface area (Å²) in [6.45, 7) is 8.98. The van der Waals surface area contributed by atoms with Crippen LogP contribution in [-0.4, -0.2) is 61.6 Å². The molecule has 1 aliphatic heterocycles. The molecule has 0 spiro atoms. The largest absolute Gasteiger partial charge is 0.361 e. The molecule has 138 valence electrons. The maximum Gasteiger partial charge on any atom is 0.193 e. The van der Waals surface area contributed by atoms with Crippen LogP contribution in [0.25, 0.3) is 0 Å². The highest BCUT2D eigenvalue weighted by Crippen LogP contribution is 2.23. The summed E-state index contributed by atoms with van der Waals surface area (Å²) in [4.78, 5) is 6.29. The number of aromatic nitrogens is 1. The monoisotopic (exact) mass is 470 g/mol. The first kappa shape index (κ1) is 21.2. The Labute approximate surface area is 161 Å². The van der Waals surface area contributed by atoms with Gasteiger partial charge in [-0.2, -0.15) is 0 Å². The Hall–Kier alpha value is -0.840. The number of nitrogens with one attached hydrogen (secondary N) is 1. The summed E-state index contributed by atoms with van der Waals surface area (Å²) in [5.74, 6) is 1.73. The van der Waals surface area contributed by atoms with Crippen molar-refractivity contribution in [3.63, 3.8) is 0 Å². The molecule has 1 N–H and O–H groups in total. The van der Waals surface area contributed by atoms with Crippen LogP contribution in [0.2, 0.25) is 0 Å². The Morgan fingerprint density at radius 3 is 2.58 bits per heavy atom. The Bertz CT molecular complexity index is 678. The van der Waals surface area contributed by atoms with Crippen molar-refractivity contribution in [3.05, 3.63) is 17.0 Å². The molecule has 2 heterocycles. The predicted molar refractivity (Wildman–Crippen MR) is 106 cm³/mol. The molecule has 24 heavy (non-hydrogen) atoms. The van der Waals surface area contributed by atoms with E-state index in [4.69, 9.17) is 4.52 Å². The van der Waals surface area contributed by atoms with E-state index in [-0.39, 0.29) is 29.7 Å². The molecule has 2 rings (SSSR count). The Kier molecular flexibility index (Phi) is 7.09. The highest BCUT2D eigenvalue weighted by atomic mass is 127. The molecule has 0 bridgehead atoms. The van der Waals surface area contributed by atoms with Gasteiger partial charge in [0.1, 0.15) is 5.76 Å². The first-order chi connectivity index (χ1) is 10.7. The molecule has 0 radical (unpaired) electrons. The molecule has 0 aliphatic carbocycles. The normalized spacial score (nSPS) is 19.7. The number of nitrogens with zero attached hydrogens (tertiary/aromatic N) is 3. The number of guanidine groups is 1. The summed E-state index contributed by atoms with van der Waals surface area (Å²) >= 11 is 0. The molecule has 9 heteroatoms. The van der Waals surface area contributed by atoms with Gasteiger partial charge in [0, 0.05) is 32.2 Å². The van der Waals surface area contributed by atoms with Crippen molar-refractivity contribution in [3.8, 4) is 0 Å². The van der Waals surface area contributed by atoms with Crippen molar-refractivity contribution in [1.82, 2.24) is 15.4 Å². The quantitative estimate of drug-likeness (QED) is 0.410. The second-order valence-electron chi connectivity index (χ2n) is 6.53. The number of rotatable bonds is 3. The van der Waals surface area contributed by atoms with Crippen molar-refractivity contribution < 1.29 is 12.9 Å². The van der Waals surface area contributed by atoms with Crippen molar-refractivity contribution in [2.24, 2.45) is 4.99 Å². The number of halogens is 1. The minimum absolute atomic E-state index is 0. The van der Waals surface area contributed by atoms with Gasteiger partial charge in [-0.3, -0.25) is 4.99 Å². The first-order valence-electron chi connectivity index (χ1n) is 7.77. The van der Waals surface area contributed by atoms with Crippen LogP contribution < -0.4 is 5.32 Å². The standard InChI is InChI=1S/C15H26N4O3S.HI/c1-11-13(12(2)22-18-11)6-7-17-14(16-5)19-8-9-23(20,21)15(3,4)10-19;/h6-10H2,1-5H3,(H,16,17);1H. The maximum absolute atomic E-state index is 12.1. The predicted octanol–water partition coefficient (Wildman–Crippen LogP) is 1.54. The van der Waals surface area contributed by atoms with Crippen LogP contribution in [0.3, 0.4) is 0 Å². The van der Waals surface area contributed by atoms with E-state index in [1.807, 2.05) is 18.7 Å². The summed E-state index contributed by atoms with van der Waals surface area (Å²) in [6, 6.07) is 0. The zero-order chi connectivity index (χ0) is 17.3. The minimum Gasteiger partial charge on any atom is -0.361 e. The van der Waals surface area contributed by atoms with Gasteiger partial charge < -0.3 is 14.7 Å². The molecule has 1 aromatic heterocycles. The van der Waals surface area contributed by atoms with Gasteiger partial charge in [-0.15, -0.1) is 24.0 Å². The SMILES string of the molecule is CN=C(NCCc1c(C)noc1C)N1CCS(=O)(=O)C(C)(C)C1.I. The number of hydrogen-bond acceptors (Lipinski definition) is 5. The molecule has 1 aromatic rings. The van der Waals surface area contributed by atoms with E-state index in [1.54, 1.807) is 20.9 Å². The molecule has 0 amide bonds. The Balaban J connectivity index is 0.00000288. The van der Waals surface area contributed by atoms with Crippen molar-refractivity contribution >= 4 is 39.8 Å². The number of hydrogen-bond donors (Lipinski definition) is 1. The average Bonchev–Trinajstić information content (AvgIpc) is 2.78. The molecule has 0 unspecified atom stereocenters. The van der Waals surface area contributed by atoms with Crippen LogP contribution in [0.15, 0.2) is 9.52 Å². The lowest BCUT2D eigenvalue weighted by Crippen LogP contribution is -2.57. The fraction of sp³-hybridized carbons (Fsp3) is 0.733. The van der Waals surface area contributed by atoms with Crippen molar-refractivity contribution in [2.75, 3.05) is 32.4 Å². The van der Waals surface area contributed by atoms with E-state index in [9.17, 15) is 8.42 Å². The Morgan fingerprint density at radius 1 is 1.42 bits per heavy atom. The van der Waals surface area contributed by atoms with E-state index in [0.717, 1.165) is 29.4 Å². The van der Waals surface area contributed by atoms with Crippen LogP contribution in [0, 0.1) is 13.8 Å². The summed E-state index contributed by atoms with van der Waals surface area (Å²) in [5, 5.41) is 7.26. The van der Waals surface area contributed by atoms with E-state index in [2.05, 4.69) is 15.5 Å². The summed E-state index contributed by atoms with van der Waals surface area (Å²) < 4.78 is 28.6. The third-order valence-corrected chi connectivity index (χ3v) is 6.93. The van der Waals surface area contributed by atoms with Gasteiger partial charge in [0.05, 0.1) is 16.2 Å². The minimum atomic E-state index is -3.05. The number of aliphatic imine (C=N–C) groups is 1. The van der Waals surface area contributed by atoms with Gasteiger partial charge in [-0.1, -0.05) is 5.16 Å². The average molecular weight is 470 g/mol. The molecule has 0 atom stereocenters. The van der Waals surface area contributed by atoms with E-state index < -0.39 is 14.6 Å². The molecule has 1 aliphatic rings. The number of sulfone groups is 1. The van der Waals surface area contributed by atoms with E-state index >= 15 is 0 Å². The highest BCUT2D eigenvalue weighted by Gasteiger charge is 2.40. The number of aryl methyl sites for hydroxylation is 2. The lowest BCUT2D eigenvalue weighted by molar-refractivity contribution is 0.353. The smallest absolute Gasteiger partial charge is 0.193 e. The topological polar surface area (TPSA) is 87.8 Å². The molecular weight excluding hydrogens is 443 g/mol. The fourth-order valence-corrected chi connectivity index (χ4v) is 4.18. The molecule has 1 fully saturated rings. The van der Waals surface area contributed by atoms with Crippen LogP contribution >= 0.6 is 24.0 Å². The van der Waals surface area contributed by atoms with Crippen LogP contribution in [0.1, 0.15) is 30.9 Å². The fourth-order valence-electron chi connectivity index (χ4n) is 2.81. The van der Waals surface area contributed by atoms with Gasteiger partial charge in [0.15, 0.2) is 15.8 Å². The third-order valence-electron chi connectivity index (χ3n) is 4.39. The zero-order valence-electron chi connectivity index (χ0n) is 14.9. The second-order valence-corrected chi connectivity index (χ2v) is 9.27. The van der Waals surface area contributed by atoms with Gasteiger partial charge in [-0.05, 0) is 34.1 Å². The summed E-state index contributed by atoms with van der Waals surface area (Å²) in [6.07, 6.45) is 0.787. The summed E-state index contributed by atoms with van der Waals surface area (Å²) in [7, 11) is -1.33. The molecule has 1 saturated heterocycles. The highest BCUT2D eigenvalue weighted by molar-refractivity contribution is 14.0. The zero-order valence-corrected chi connectivity index (χ0v) is 18.1. The van der Waals surface area contributed by atoms with Crippen LogP contribution in [-0.2, 0) is 16.3 Å². The lowest BCUT2D eigenvalue weighted by Gasteiger charge is -2.39. The lowest BCUT2D eigenvalue weighted by atomic mass is 10.1. The second kappa shape index (κ2) is 8.03. The van der Waals surface area contributed by atoms with Crippen LogP contribution in [0.5, 0.6) is 0 Å².